The lowest BCUT2D eigenvalue weighted by atomic mass is 10.0. The highest BCUT2D eigenvalue weighted by Gasteiger charge is 2.32. The molecule has 5 amide bonds. The van der Waals surface area contributed by atoms with Crippen molar-refractivity contribution in [2.24, 2.45) is 11.7 Å². The normalized spacial score (nSPS) is 13.9. The van der Waals surface area contributed by atoms with Gasteiger partial charge in [0.1, 0.15) is 24.4 Å². The van der Waals surface area contributed by atoms with Crippen LogP contribution in [-0.2, 0) is 38.4 Å². The molecule has 0 radical (unpaired) electrons. The summed E-state index contributed by atoms with van der Waals surface area (Å²) < 4.78 is 0. The number of nitrogens with one attached hydrogen (secondary N) is 4. The number of carboxylic acid groups (broad SMARTS) is 2. The molecular formula is C20H31N5O10. The van der Waals surface area contributed by atoms with Crippen molar-refractivity contribution in [1.29, 1.82) is 0 Å². The van der Waals surface area contributed by atoms with Crippen LogP contribution in [-0.4, -0.2) is 82.1 Å². The number of hydrogen-bond donors (Lipinski definition) is 7. The van der Waals surface area contributed by atoms with Gasteiger partial charge < -0.3 is 42.0 Å². The van der Waals surface area contributed by atoms with Crippen molar-refractivity contribution in [3.8, 4) is 0 Å². The lowest BCUT2D eigenvalue weighted by molar-refractivity contribution is -0.141. The minimum Gasteiger partial charge on any atom is -0.481 e. The van der Waals surface area contributed by atoms with E-state index in [0.29, 0.717) is 0 Å². The molecule has 0 aromatic rings. The van der Waals surface area contributed by atoms with E-state index < -0.39 is 84.9 Å². The van der Waals surface area contributed by atoms with Gasteiger partial charge in [-0.2, -0.15) is 0 Å². The van der Waals surface area contributed by atoms with Gasteiger partial charge in [-0.25, -0.2) is 0 Å². The third-order valence-electron chi connectivity index (χ3n) is 4.34. The van der Waals surface area contributed by atoms with Crippen LogP contribution in [0.25, 0.3) is 0 Å². The Kier molecular flexibility index (Phi) is 13.2. The number of aldehydes is 1. The third kappa shape index (κ3) is 13.3. The van der Waals surface area contributed by atoms with Crippen molar-refractivity contribution in [2.75, 3.05) is 0 Å². The van der Waals surface area contributed by atoms with Crippen LogP contribution in [0.4, 0.5) is 0 Å². The average Bonchev–Trinajstić information content (AvgIpc) is 2.69. The minimum atomic E-state index is -1.63. The Morgan fingerprint density at radius 2 is 1.20 bits per heavy atom. The number of carbonyl (C=O) groups is 8. The zero-order chi connectivity index (χ0) is 27.3. The molecule has 0 saturated carbocycles. The van der Waals surface area contributed by atoms with E-state index in [1.807, 2.05) is 0 Å². The number of rotatable bonds is 16. The molecule has 0 fully saturated rings. The highest BCUT2D eigenvalue weighted by molar-refractivity contribution is 5.97. The van der Waals surface area contributed by atoms with E-state index in [-0.39, 0.29) is 18.6 Å². The summed E-state index contributed by atoms with van der Waals surface area (Å²) in [6.07, 6.45) is -1.96. The van der Waals surface area contributed by atoms with E-state index >= 15 is 0 Å². The monoisotopic (exact) mass is 501 g/mol. The second kappa shape index (κ2) is 15.0. The fourth-order valence-electron chi connectivity index (χ4n) is 2.89. The Hall–Kier alpha value is -4.04. The van der Waals surface area contributed by atoms with E-state index in [0.717, 1.165) is 6.92 Å². The first-order valence-electron chi connectivity index (χ1n) is 10.5. The smallest absolute Gasteiger partial charge is 0.305 e. The first-order valence-corrected chi connectivity index (χ1v) is 10.5. The molecule has 0 unspecified atom stereocenters. The Morgan fingerprint density at radius 3 is 1.60 bits per heavy atom. The molecule has 196 valence electrons. The number of primary amides is 1. The molecule has 0 aliphatic heterocycles. The number of aliphatic carboxylic acids is 2. The quantitative estimate of drug-likeness (QED) is 0.106. The summed E-state index contributed by atoms with van der Waals surface area (Å²) in [5, 5.41) is 26.5. The molecule has 35 heavy (non-hydrogen) atoms. The fraction of sp³-hybridized carbons (Fsp3) is 0.600. The molecule has 8 N–H and O–H groups in total. The molecule has 15 nitrogen and oxygen atoms in total. The van der Waals surface area contributed by atoms with Crippen LogP contribution in [0.1, 0.15) is 46.5 Å². The molecule has 0 aliphatic rings. The second-order valence-electron chi connectivity index (χ2n) is 8.12. The van der Waals surface area contributed by atoms with Gasteiger partial charge in [0.05, 0.1) is 25.3 Å². The van der Waals surface area contributed by atoms with Crippen LogP contribution < -0.4 is 27.0 Å². The number of nitrogens with two attached hydrogens (primary N) is 1. The summed E-state index contributed by atoms with van der Waals surface area (Å²) in [6, 6.07) is -5.83. The number of carbonyl (C=O) groups excluding carboxylic acids is 6. The van der Waals surface area contributed by atoms with Crippen LogP contribution in [0.2, 0.25) is 0 Å². The van der Waals surface area contributed by atoms with Gasteiger partial charge in [0.15, 0.2) is 0 Å². The van der Waals surface area contributed by atoms with E-state index in [1.54, 1.807) is 13.8 Å². The van der Waals surface area contributed by atoms with Crippen LogP contribution in [0.5, 0.6) is 0 Å². The maximum atomic E-state index is 12.8. The summed E-state index contributed by atoms with van der Waals surface area (Å²) in [6.45, 7) is 4.47. The Morgan fingerprint density at radius 1 is 0.743 bits per heavy atom. The molecule has 0 aliphatic carbocycles. The van der Waals surface area contributed by atoms with E-state index in [9.17, 15) is 38.4 Å². The van der Waals surface area contributed by atoms with Crippen LogP contribution in [0.3, 0.4) is 0 Å². The molecule has 0 spiro atoms. The van der Waals surface area contributed by atoms with Gasteiger partial charge in [-0.05, 0) is 12.3 Å². The van der Waals surface area contributed by atoms with Crippen molar-refractivity contribution in [2.45, 2.75) is 70.6 Å². The molecule has 0 aromatic heterocycles. The third-order valence-corrected chi connectivity index (χ3v) is 4.34. The van der Waals surface area contributed by atoms with Crippen molar-refractivity contribution in [1.82, 2.24) is 21.3 Å². The summed E-state index contributed by atoms with van der Waals surface area (Å²) in [4.78, 5) is 93.6. The molecule has 0 heterocycles. The highest BCUT2D eigenvalue weighted by Crippen LogP contribution is 2.07. The number of carboxylic acids is 2. The van der Waals surface area contributed by atoms with Crippen LogP contribution >= 0.6 is 0 Å². The highest BCUT2D eigenvalue weighted by atomic mass is 16.4. The lowest BCUT2D eigenvalue weighted by Crippen LogP contribution is -2.58. The van der Waals surface area contributed by atoms with Crippen LogP contribution in [0.15, 0.2) is 0 Å². The summed E-state index contributed by atoms with van der Waals surface area (Å²) >= 11 is 0. The van der Waals surface area contributed by atoms with Gasteiger partial charge in [0.25, 0.3) is 0 Å². The lowest BCUT2D eigenvalue weighted by Gasteiger charge is -2.25. The fourth-order valence-corrected chi connectivity index (χ4v) is 2.89. The minimum absolute atomic E-state index is 0.0426. The Bertz CT molecular complexity index is 828. The maximum Gasteiger partial charge on any atom is 0.305 e. The van der Waals surface area contributed by atoms with Gasteiger partial charge >= 0.3 is 11.9 Å². The van der Waals surface area contributed by atoms with Gasteiger partial charge in [-0.1, -0.05) is 13.8 Å². The SMILES string of the molecule is CC(=O)N[C@@H](CC(=O)O)C(=O)N[C@@H](CC(N)=O)C(=O)N[C@@H](CC(C)C)C(=O)N[C@H](C=O)CC(=O)O. The predicted molar refractivity (Wildman–Crippen MR) is 117 cm³/mol. The van der Waals surface area contributed by atoms with E-state index in [2.05, 4.69) is 21.3 Å². The van der Waals surface area contributed by atoms with Gasteiger partial charge in [0.2, 0.25) is 29.5 Å². The van der Waals surface area contributed by atoms with Gasteiger partial charge in [0, 0.05) is 6.92 Å². The molecule has 0 aromatic carbocycles. The summed E-state index contributed by atoms with van der Waals surface area (Å²) in [7, 11) is 0. The van der Waals surface area contributed by atoms with Crippen LogP contribution in [0, 0.1) is 5.92 Å². The maximum absolute atomic E-state index is 12.8. The largest absolute Gasteiger partial charge is 0.481 e. The van der Waals surface area contributed by atoms with Crippen molar-refractivity contribution in [3.63, 3.8) is 0 Å². The standard InChI is InChI=1S/C20H31N5O10/c1-9(2)4-12(18(33)23-11(8-26)5-16(29)30)24-19(34)13(6-15(21)28)25-20(35)14(7-17(31)32)22-10(3)27/h8-9,11-14H,4-7H2,1-3H3,(H2,21,28)(H,22,27)(H,23,33)(H,24,34)(H,25,35)(H,29,30)(H,31,32)/t11-,12-,13-,14-/m0/s1. The predicted octanol–water partition coefficient (Wildman–Crippen LogP) is -2.98. The van der Waals surface area contributed by atoms with Crippen molar-refractivity contribution in [3.05, 3.63) is 0 Å². The average molecular weight is 501 g/mol. The zero-order valence-corrected chi connectivity index (χ0v) is 19.5. The van der Waals surface area contributed by atoms with Crippen molar-refractivity contribution >= 4 is 47.8 Å². The van der Waals surface area contributed by atoms with Gasteiger partial charge in [-0.3, -0.25) is 33.6 Å². The summed E-state index contributed by atoms with van der Waals surface area (Å²) in [5.41, 5.74) is 5.14. The van der Waals surface area contributed by atoms with Crippen molar-refractivity contribution < 1.29 is 48.6 Å². The molecule has 0 saturated heterocycles. The Labute approximate surface area is 200 Å². The molecule has 0 rings (SSSR count). The number of hydrogen-bond acceptors (Lipinski definition) is 8. The summed E-state index contributed by atoms with van der Waals surface area (Å²) in [5.74, 6) is -7.65. The van der Waals surface area contributed by atoms with E-state index in [1.165, 1.54) is 0 Å². The Balaban J connectivity index is 5.68. The van der Waals surface area contributed by atoms with E-state index in [4.69, 9.17) is 15.9 Å². The molecule has 15 heteroatoms. The second-order valence-corrected chi connectivity index (χ2v) is 8.12. The zero-order valence-electron chi connectivity index (χ0n) is 19.5. The van der Waals surface area contributed by atoms with Gasteiger partial charge in [-0.15, -0.1) is 0 Å². The topological polar surface area (TPSA) is 251 Å². The number of amides is 5. The molecular weight excluding hydrogens is 470 g/mol. The first kappa shape index (κ1) is 31.0. The molecule has 0 bridgehead atoms. The first-order chi connectivity index (χ1) is 16.2. The molecule has 4 atom stereocenters.